The number of rotatable bonds is 3. The maximum Gasteiger partial charge on any atom is 0.258 e. The Morgan fingerprint density at radius 1 is 1.07 bits per heavy atom. The zero-order chi connectivity index (χ0) is 18.2. The highest BCUT2D eigenvalue weighted by Gasteiger charge is 2.16. The van der Waals surface area contributed by atoms with Crippen LogP contribution in [0.25, 0.3) is 22.2 Å². The molecule has 0 atom stereocenters. The van der Waals surface area contributed by atoms with Gasteiger partial charge in [0.2, 0.25) is 6.79 Å². The first-order valence-corrected chi connectivity index (χ1v) is 9.16. The molecule has 0 unspecified atom stereocenters. The van der Waals surface area contributed by atoms with Crippen LogP contribution in [0.2, 0.25) is 0 Å². The van der Waals surface area contributed by atoms with E-state index in [4.69, 9.17) is 9.47 Å². The molecule has 3 heterocycles. The van der Waals surface area contributed by atoms with E-state index < -0.39 is 0 Å². The minimum absolute atomic E-state index is 0.208. The van der Waals surface area contributed by atoms with Crippen LogP contribution in [0.4, 0.5) is 5.13 Å². The van der Waals surface area contributed by atoms with Crippen LogP contribution in [0, 0.1) is 0 Å². The molecule has 2 aromatic heterocycles. The van der Waals surface area contributed by atoms with Gasteiger partial charge in [0.15, 0.2) is 16.6 Å². The molecule has 132 valence electrons. The molecule has 4 aromatic rings. The quantitative estimate of drug-likeness (QED) is 0.577. The number of fused-ring (bicyclic) bond motifs is 2. The molecule has 1 amide bonds. The predicted octanol–water partition coefficient (Wildman–Crippen LogP) is 4.34. The Bertz CT molecular complexity index is 1170. The van der Waals surface area contributed by atoms with Gasteiger partial charge in [-0.25, -0.2) is 4.98 Å². The molecular weight excluding hydrogens is 362 g/mol. The number of amides is 1. The molecule has 1 N–H and O–H groups in total. The van der Waals surface area contributed by atoms with Gasteiger partial charge in [-0.1, -0.05) is 18.2 Å². The summed E-state index contributed by atoms with van der Waals surface area (Å²) in [7, 11) is 0. The van der Waals surface area contributed by atoms with Crippen molar-refractivity contribution in [3.05, 3.63) is 65.7 Å². The van der Waals surface area contributed by atoms with E-state index in [0.717, 1.165) is 27.9 Å². The number of nitrogens with zero attached hydrogens (tertiary/aromatic N) is 2. The summed E-state index contributed by atoms with van der Waals surface area (Å²) >= 11 is 1.38. The SMILES string of the molecule is O=C(Nc1nc(-c2ccc3c(c2)OCO3)cs1)c1ccnc2ccccc12. The number of para-hydroxylation sites is 1. The van der Waals surface area contributed by atoms with Crippen LogP contribution in [-0.2, 0) is 0 Å². The Morgan fingerprint density at radius 2 is 1.96 bits per heavy atom. The van der Waals surface area contributed by atoms with Crippen molar-refractivity contribution in [2.24, 2.45) is 0 Å². The number of thiazole rings is 1. The van der Waals surface area contributed by atoms with Gasteiger partial charge in [0.25, 0.3) is 5.91 Å². The summed E-state index contributed by atoms with van der Waals surface area (Å²) in [5.74, 6) is 1.22. The number of nitrogens with one attached hydrogen (secondary N) is 1. The first kappa shape index (κ1) is 15.8. The fourth-order valence-corrected chi connectivity index (χ4v) is 3.69. The van der Waals surface area contributed by atoms with Gasteiger partial charge in [-0.3, -0.25) is 15.1 Å². The van der Waals surface area contributed by atoms with Crippen LogP contribution in [0.15, 0.2) is 60.1 Å². The van der Waals surface area contributed by atoms with Crippen LogP contribution in [0.5, 0.6) is 11.5 Å². The van der Waals surface area contributed by atoms with Crippen molar-refractivity contribution in [3.8, 4) is 22.8 Å². The zero-order valence-corrected chi connectivity index (χ0v) is 14.8. The molecule has 0 bridgehead atoms. The number of aromatic nitrogens is 2. The fourth-order valence-electron chi connectivity index (χ4n) is 2.98. The van der Waals surface area contributed by atoms with Crippen molar-refractivity contribution in [2.45, 2.75) is 0 Å². The lowest BCUT2D eigenvalue weighted by Gasteiger charge is -2.05. The molecule has 0 saturated carbocycles. The average Bonchev–Trinajstić information content (AvgIpc) is 3.36. The number of hydrogen-bond acceptors (Lipinski definition) is 6. The van der Waals surface area contributed by atoms with E-state index >= 15 is 0 Å². The second-order valence-corrected chi connectivity index (χ2v) is 6.79. The molecule has 0 fully saturated rings. The standard InChI is InChI=1S/C20H13N3O3S/c24-19(14-7-8-21-15-4-2-1-3-13(14)15)23-20-22-16(10-27-20)12-5-6-17-18(9-12)26-11-25-17/h1-10H,11H2,(H,22,23,24). The van der Waals surface area contributed by atoms with Gasteiger partial charge < -0.3 is 9.47 Å². The third-order valence-electron chi connectivity index (χ3n) is 4.29. The maximum absolute atomic E-state index is 12.7. The Kier molecular flexibility index (Phi) is 3.72. The second-order valence-electron chi connectivity index (χ2n) is 5.94. The first-order chi connectivity index (χ1) is 13.3. The number of carbonyl (C=O) groups excluding carboxylic acids is 1. The van der Waals surface area contributed by atoms with Crippen molar-refractivity contribution in [2.75, 3.05) is 12.1 Å². The van der Waals surface area contributed by atoms with Gasteiger partial charge >= 0.3 is 0 Å². The van der Waals surface area contributed by atoms with E-state index in [0.29, 0.717) is 16.4 Å². The molecule has 2 aromatic carbocycles. The average molecular weight is 375 g/mol. The molecule has 27 heavy (non-hydrogen) atoms. The van der Waals surface area contributed by atoms with E-state index in [9.17, 15) is 4.79 Å². The minimum Gasteiger partial charge on any atom is -0.454 e. The van der Waals surface area contributed by atoms with Crippen LogP contribution < -0.4 is 14.8 Å². The highest BCUT2D eigenvalue weighted by molar-refractivity contribution is 7.14. The van der Waals surface area contributed by atoms with E-state index in [1.54, 1.807) is 12.3 Å². The Labute approximate surface area is 158 Å². The summed E-state index contributed by atoms with van der Waals surface area (Å²) < 4.78 is 10.7. The number of ether oxygens (including phenoxy) is 2. The summed E-state index contributed by atoms with van der Waals surface area (Å²) in [4.78, 5) is 21.5. The Balaban J connectivity index is 1.41. The summed E-state index contributed by atoms with van der Waals surface area (Å²) in [6, 6.07) is 14.9. The molecule has 0 spiro atoms. The maximum atomic E-state index is 12.7. The second kappa shape index (κ2) is 6.37. The number of benzene rings is 2. The van der Waals surface area contributed by atoms with Gasteiger partial charge in [0.05, 0.1) is 16.8 Å². The summed E-state index contributed by atoms with van der Waals surface area (Å²) in [6.07, 6.45) is 1.64. The molecule has 0 radical (unpaired) electrons. The van der Waals surface area contributed by atoms with E-state index in [1.807, 2.05) is 47.8 Å². The van der Waals surface area contributed by atoms with Crippen molar-refractivity contribution >= 4 is 33.3 Å². The molecule has 1 aliphatic heterocycles. The smallest absolute Gasteiger partial charge is 0.258 e. The van der Waals surface area contributed by atoms with Crippen LogP contribution in [-0.4, -0.2) is 22.7 Å². The normalized spacial score (nSPS) is 12.3. The number of pyridine rings is 1. The van der Waals surface area contributed by atoms with E-state index in [1.165, 1.54) is 11.3 Å². The lowest BCUT2D eigenvalue weighted by molar-refractivity contribution is 0.102. The van der Waals surface area contributed by atoms with Crippen molar-refractivity contribution in [1.82, 2.24) is 9.97 Å². The van der Waals surface area contributed by atoms with Gasteiger partial charge in [-0.15, -0.1) is 11.3 Å². The lowest BCUT2D eigenvalue weighted by atomic mass is 10.1. The van der Waals surface area contributed by atoms with Gasteiger partial charge in [0, 0.05) is 22.5 Å². The summed E-state index contributed by atoms with van der Waals surface area (Å²) in [5.41, 5.74) is 3.03. The predicted molar refractivity (Wildman–Crippen MR) is 103 cm³/mol. The number of hydrogen-bond donors (Lipinski definition) is 1. The largest absolute Gasteiger partial charge is 0.454 e. The van der Waals surface area contributed by atoms with E-state index in [2.05, 4.69) is 15.3 Å². The Morgan fingerprint density at radius 3 is 2.93 bits per heavy atom. The van der Waals surface area contributed by atoms with Crippen molar-refractivity contribution in [3.63, 3.8) is 0 Å². The van der Waals surface area contributed by atoms with Crippen molar-refractivity contribution < 1.29 is 14.3 Å². The minimum atomic E-state index is -0.208. The van der Waals surface area contributed by atoms with Gasteiger partial charge in [-0.2, -0.15) is 0 Å². The molecule has 7 heteroatoms. The summed E-state index contributed by atoms with van der Waals surface area (Å²) in [5, 5.41) is 6.12. The summed E-state index contributed by atoms with van der Waals surface area (Å²) in [6.45, 7) is 0.233. The number of carbonyl (C=O) groups is 1. The first-order valence-electron chi connectivity index (χ1n) is 8.28. The molecule has 5 rings (SSSR count). The molecule has 6 nitrogen and oxygen atoms in total. The van der Waals surface area contributed by atoms with Crippen LogP contribution in [0.3, 0.4) is 0 Å². The third-order valence-corrected chi connectivity index (χ3v) is 5.04. The Hall–Kier alpha value is -3.45. The topological polar surface area (TPSA) is 73.3 Å². The van der Waals surface area contributed by atoms with Gasteiger partial charge in [-0.05, 0) is 30.3 Å². The van der Waals surface area contributed by atoms with Gasteiger partial charge in [0.1, 0.15) is 0 Å². The fraction of sp³-hybridized carbons (Fsp3) is 0.0500. The third kappa shape index (κ3) is 2.88. The van der Waals surface area contributed by atoms with Crippen LogP contribution >= 0.6 is 11.3 Å². The monoisotopic (exact) mass is 375 g/mol. The molecule has 0 aliphatic carbocycles. The van der Waals surface area contributed by atoms with Crippen LogP contribution in [0.1, 0.15) is 10.4 Å². The highest BCUT2D eigenvalue weighted by atomic mass is 32.1. The number of anilines is 1. The highest BCUT2D eigenvalue weighted by Crippen LogP contribution is 2.36. The lowest BCUT2D eigenvalue weighted by Crippen LogP contribution is -2.12. The molecule has 1 aliphatic rings. The van der Waals surface area contributed by atoms with E-state index in [-0.39, 0.29) is 12.7 Å². The molecular formula is C20H13N3O3S. The zero-order valence-electron chi connectivity index (χ0n) is 14.0. The van der Waals surface area contributed by atoms with Crippen molar-refractivity contribution in [1.29, 1.82) is 0 Å². The molecule has 0 saturated heterocycles.